The van der Waals surface area contributed by atoms with Crippen molar-refractivity contribution in [3.8, 4) is 0 Å². The summed E-state index contributed by atoms with van der Waals surface area (Å²) in [5.74, 6) is 0. The van der Waals surface area contributed by atoms with E-state index >= 15 is 0 Å². The first-order valence-electron chi connectivity index (χ1n) is 9.22. The quantitative estimate of drug-likeness (QED) is 0.448. The minimum absolute atomic E-state index is 1.34. The minimum Gasteiger partial charge on any atom is -0.0874 e. The van der Waals surface area contributed by atoms with Gasteiger partial charge < -0.3 is 0 Å². The van der Waals surface area contributed by atoms with Crippen LogP contribution in [0.25, 0.3) is 0 Å². The van der Waals surface area contributed by atoms with Crippen LogP contribution in [0.3, 0.4) is 0 Å². The molecular weight excluding hydrogens is 300 g/mol. The van der Waals surface area contributed by atoms with E-state index < -0.39 is 0 Å². The SMILES string of the molecule is C/C=C(/C)C=C(C)C.C/C=C\C(C)=C(C)C.CC(C)=CC(C)=C(C)C. The highest BCUT2D eigenvalue weighted by Crippen LogP contribution is 2.05. The van der Waals surface area contributed by atoms with Crippen LogP contribution in [0, 0.1) is 0 Å². The van der Waals surface area contributed by atoms with Gasteiger partial charge in [-0.25, -0.2) is 0 Å². The third-order valence-corrected chi connectivity index (χ3v) is 3.47. The summed E-state index contributed by atoms with van der Waals surface area (Å²) in [6, 6.07) is 0. The Balaban J connectivity index is -0.000000291. The van der Waals surface area contributed by atoms with Gasteiger partial charge in [0.1, 0.15) is 0 Å². The van der Waals surface area contributed by atoms with Gasteiger partial charge in [-0.05, 0) is 90.0 Å². The molecule has 0 aromatic heterocycles. The Bertz CT molecular complexity index is 525. The zero-order valence-electron chi connectivity index (χ0n) is 19.4. The second-order valence-electron chi connectivity index (χ2n) is 7.34. The summed E-state index contributed by atoms with van der Waals surface area (Å²) in [6.07, 6.45) is 10.7. The Labute approximate surface area is 159 Å². The van der Waals surface area contributed by atoms with Gasteiger partial charge in [-0.15, -0.1) is 0 Å². The normalized spacial score (nSPS) is 9.88. The van der Waals surface area contributed by atoms with Crippen LogP contribution >= 0.6 is 0 Å². The van der Waals surface area contributed by atoms with Crippen LogP contribution in [0.15, 0.2) is 69.4 Å². The first-order valence-corrected chi connectivity index (χ1v) is 9.22. The molecule has 0 N–H and O–H groups in total. The molecule has 0 unspecified atom stereocenters. The van der Waals surface area contributed by atoms with E-state index in [1.807, 2.05) is 6.92 Å². The lowest BCUT2D eigenvalue weighted by Gasteiger charge is -1.95. The summed E-state index contributed by atoms with van der Waals surface area (Å²) < 4.78 is 0. The molecule has 0 heteroatoms. The van der Waals surface area contributed by atoms with Crippen LogP contribution in [-0.4, -0.2) is 0 Å². The van der Waals surface area contributed by atoms with Gasteiger partial charge in [0.05, 0.1) is 0 Å². The van der Waals surface area contributed by atoms with Gasteiger partial charge in [0.25, 0.3) is 0 Å². The molecule has 0 bridgehead atoms. The van der Waals surface area contributed by atoms with Crippen molar-refractivity contribution in [2.75, 3.05) is 0 Å². The zero-order valence-corrected chi connectivity index (χ0v) is 19.4. The maximum Gasteiger partial charge on any atom is -0.0398 e. The van der Waals surface area contributed by atoms with Crippen molar-refractivity contribution >= 4 is 0 Å². The van der Waals surface area contributed by atoms with Crippen molar-refractivity contribution in [1.29, 1.82) is 0 Å². The second-order valence-corrected chi connectivity index (χ2v) is 7.34. The standard InChI is InChI=1S/C9H16.2C8H14/c1-7(2)6-9(5)8(3)4;1-5-8(4)6-7(2)3;1-5-6-8(4)7(2)3/h6H,1-5H3;2*5-6H,1-4H3/b;8-5-;6-5-. The van der Waals surface area contributed by atoms with Gasteiger partial charge in [-0.2, -0.15) is 0 Å². The van der Waals surface area contributed by atoms with E-state index in [0.717, 1.165) is 0 Å². The molecule has 0 aliphatic heterocycles. The molecule has 0 radical (unpaired) electrons. The van der Waals surface area contributed by atoms with Crippen LogP contribution in [0.4, 0.5) is 0 Å². The molecule has 0 aromatic carbocycles. The molecule has 0 aromatic rings. The minimum atomic E-state index is 1.34. The van der Waals surface area contributed by atoms with Gasteiger partial charge >= 0.3 is 0 Å². The van der Waals surface area contributed by atoms with Crippen molar-refractivity contribution in [3.05, 3.63) is 69.4 Å². The predicted octanol–water partition coefficient (Wildman–Crippen LogP) is 9.15. The van der Waals surface area contributed by atoms with Crippen molar-refractivity contribution in [2.45, 2.75) is 90.0 Å². The van der Waals surface area contributed by atoms with Crippen molar-refractivity contribution in [1.82, 2.24) is 0 Å². The average Bonchev–Trinajstić information content (AvgIpc) is 2.47. The zero-order chi connectivity index (χ0) is 20.6. The fraction of sp³-hybridized carbons (Fsp3) is 0.520. The molecule has 0 amide bonds. The van der Waals surface area contributed by atoms with Gasteiger partial charge in [-0.3, -0.25) is 0 Å². The topological polar surface area (TPSA) is 0 Å². The Hall–Kier alpha value is -1.56. The van der Waals surface area contributed by atoms with E-state index in [-0.39, 0.29) is 0 Å². The summed E-state index contributed by atoms with van der Waals surface area (Å²) in [7, 11) is 0. The third-order valence-electron chi connectivity index (χ3n) is 3.47. The molecule has 0 rings (SSSR count). The maximum absolute atomic E-state index is 2.20. The highest BCUT2D eigenvalue weighted by Gasteiger charge is 1.84. The molecule has 0 saturated heterocycles. The molecule has 25 heavy (non-hydrogen) atoms. The van der Waals surface area contributed by atoms with Crippen LogP contribution in [0.5, 0.6) is 0 Å². The summed E-state index contributed by atoms with van der Waals surface area (Å²) in [4.78, 5) is 0. The van der Waals surface area contributed by atoms with E-state index in [1.54, 1.807) is 0 Å². The van der Waals surface area contributed by atoms with Crippen LogP contribution < -0.4 is 0 Å². The van der Waals surface area contributed by atoms with Gasteiger partial charge in [-0.1, -0.05) is 69.4 Å². The highest BCUT2D eigenvalue weighted by atomic mass is 13.9. The lowest BCUT2D eigenvalue weighted by molar-refractivity contribution is 1.26. The Kier molecular flexibility index (Phi) is 19.5. The van der Waals surface area contributed by atoms with Gasteiger partial charge in [0, 0.05) is 0 Å². The summed E-state index contributed by atoms with van der Waals surface area (Å²) in [5, 5.41) is 0. The summed E-state index contributed by atoms with van der Waals surface area (Å²) in [6.45, 7) is 27.4. The van der Waals surface area contributed by atoms with E-state index in [0.29, 0.717) is 0 Å². The lowest BCUT2D eigenvalue weighted by Crippen LogP contribution is -1.74. The molecule has 0 aliphatic carbocycles. The molecule has 0 aliphatic rings. The predicted molar refractivity (Wildman–Crippen MR) is 121 cm³/mol. The largest absolute Gasteiger partial charge is 0.0874 e. The maximum atomic E-state index is 2.20. The summed E-state index contributed by atoms with van der Waals surface area (Å²) >= 11 is 0. The Morgan fingerprint density at radius 2 is 0.920 bits per heavy atom. The highest BCUT2D eigenvalue weighted by molar-refractivity contribution is 5.23. The molecule has 0 spiro atoms. The van der Waals surface area contributed by atoms with Crippen LogP contribution in [-0.2, 0) is 0 Å². The first-order chi connectivity index (χ1) is 11.4. The van der Waals surface area contributed by atoms with Gasteiger partial charge in [0.15, 0.2) is 0 Å². The average molecular weight is 345 g/mol. The van der Waals surface area contributed by atoms with Crippen molar-refractivity contribution < 1.29 is 0 Å². The van der Waals surface area contributed by atoms with Crippen LogP contribution in [0.1, 0.15) is 90.0 Å². The Morgan fingerprint density at radius 1 is 0.520 bits per heavy atom. The third kappa shape index (κ3) is 24.8. The van der Waals surface area contributed by atoms with Crippen molar-refractivity contribution in [2.24, 2.45) is 0 Å². The molecule has 0 heterocycles. The smallest absolute Gasteiger partial charge is 0.0398 e. The summed E-state index contributed by atoms with van der Waals surface area (Å²) in [5.41, 5.74) is 9.61. The second kappa shape index (κ2) is 17.3. The van der Waals surface area contributed by atoms with Gasteiger partial charge in [0.2, 0.25) is 0 Å². The molecule has 0 saturated carbocycles. The van der Waals surface area contributed by atoms with Crippen molar-refractivity contribution in [3.63, 3.8) is 0 Å². The lowest BCUT2D eigenvalue weighted by atomic mass is 10.1. The van der Waals surface area contributed by atoms with E-state index in [4.69, 9.17) is 0 Å². The molecule has 0 fully saturated rings. The fourth-order valence-electron chi connectivity index (χ4n) is 1.53. The monoisotopic (exact) mass is 344 g/mol. The molecule has 0 nitrogen and oxygen atoms in total. The Morgan fingerprint density at radius 3 is 1.04 bits per heavy atom. The number of rotatable bonds is 3. The van der Waals surface area contributed by atoms with E-state index in [1.165, 1.54) is 39.0 Å². The number of hydrogen-bond acceptors (Lipinski definition) is 0. The van der Waals surface area contributed by atoms with E-state index in [9.17, 15) is 0 Å². The number of hydrogen-bond donors (Lipinski definition) is 0. The molecule has 144 valence electrons. The fourth-order valence-corrected chi connectivity index (χ4v) is 1.53. The number of allylic oxidation sites excluding steroid dienone is 12. The molecular formula is C25H44. The first kappa shape index (κ1) is 28.3. The van der Waals surface area contributed by atoms with Crippen LogP contribution in [0.2, 0.25) is 0 Å². The molecule has 0 atom stereocenters. The van der Waals surface area contributed by atoms with E-state index in [2.05, 4.69) is 113 Å².